The molecule has 4 nitrogen and oxygen atoms in total. The van der Waals surface area contributed by atoms with E-state index in [1.165, 1.54) is 0 Å². The predicted octanol–water partition coefficient (Wildman–Crippen LogP) is 3.62. The van der Waals surface area contributed by atoms with Gasteiger partial charge in [0.1, 0.15) is 3.70 Å². The van der Waals surface area contributed by atoms with E-state index in [0.717, 1.165) is 20.5 Å². The van der Waals surface area contributed by atoms with E-state index >= 15 is 0 Å². The lowest BCUT2D eigenvalue weighted by Gasteiger charge is -2.01. The number of carboxylic acid groups (broad SMARTS) is 1. The number of hydrogen-bond donors (Lipinski definition) is 2. The van der Waals surface area contributed by atoms with Gasteiger partial charge in [0.25, 0.3) is 0 Å². The molecular formula is C15H13IN2O2. The van der Waals surface area contributed by atoms with Crippen molar-refractivity contribution in [2.75, 3.05) is 0 Å². The number of carbonyl (C=O) groups is 1. The number of aromatic nitrogens is 1. The summed E-state index contributed by atoms with van der Waals surface area (Å²) in [7, 11) is 0. The largest absolute Gasteiger partial charge is 0.465 e. The lowest BCUT2D eigenvalue weighted by Crippen LogP contribution is -2.19. The van der Waals surface area contributed by atoms with Gasteiger partial charge in [-0.3, -0.25) is 0 Å². The fraction of sp³-hybridized carbons (Fsp3) is 0.0667. The first-order valence-electron chi connectivity index (χ1n) is 6.00. The first-order valence-corrected chi connectivity index (χ1v) is 7.08. The molecule has 1 aromatic heterocycles. The van der Waals surface area contributed by atoms with Crippen molar-refractivity contribution in [3.63, 3.8) is 0 Å². The number of pyridine rings is 1. The summed E-state index contributed by atoms with van der Waals surface area (Å²) in [5.41, 5.74) is 2.88. The smallest absolute Gasteiger partial charge is 0.404 e. The van der Waals surface area contributed by atoms with E-state index in [1.54, 1.807) is 0 Å². The van der Waals surface area contributed by atoms with E-state index in [9.17, 15) is 4.79 Å². The van der Waals surface area contributed by atoms with Crippen molar-refractivity contribution >= 4 is 40.8 Å². The third-order valence-corrected chi connectivity index (χ3v) is 3.21. The molecular weight excluding hydrogens is 367 g/mol. The van der Waals surface area contributed by atoms with Crippen LogP contribution < -0.4 is 5.32 Å². The first-order chi connectivity index (χ1) is 9.63. The summed E-state index contributed by atoms with van der Waals surface area (Å²) in [6.45, 7) is 0.317. The van der Waals surface area contributed by atoms with Crippen molar-refractivity contribution in [2.24, 2.45) is 0 Å². The second-order valence-electron chi connectivity index (χ2n) is 4.12. The Balaban J connectivity index is 2.01. The quantitative estimate of drug-likeness (QED) is 0.629. The zero-order valence-corrected chi connectivity index (χ0v) is 12.7. The number of benzene rings is 1. The number of nitrogens with zero attached hydrogens (tertiary/aromatic N) is 1. The van der Waals surface area contributed by atoms with Crippen molar-refractivity contribution in [1.29, 1.82) is 0 Å². The molecule has 0 atom stereocenters. The van der Waals surface area contributed by atoms with Crippen molar-refractivity contribution in [3.8, 4) is 0 Å². The third-order valence-electron chi connectivity index (χ3n) is 2.61. The van der Waals surface area contributed by atoms with Crippen molar-refractivity contribution in [1.82, 2.24) is 10.3 Å². The molecule has 0 saturated heterocycles. The molecule has 0 bridgehead atoms. The maximum Gasteiger partial charge on any atom is 0.404 e. The first kappa shape index (κ1) is 14.5. The van der Waals surface area contributed by atoms with Crippen LogP contribution in [0.25, 0.3) is 12.2 Å². The summed E-state index contributed by atoms with van der Waals surface area (Å²) < 4.78 is 0.958. The number of hydrogen-bond acceptors (Lipinski definition) is 2. The molecule has 0 aliphatic carbocycles. The Morgan fingerprint density at radius 3 is 2.60 bits per heavy atom. The zero-order chi connectivity index (χ0) is 14.4. The van der Waals surface area contributed by atoms with Gasteiger partial charge in [0, 0.05) is 6.54 Å². The molecule has 0 radical (unpaired) electrons. The summed E-state index contributed by atoms with van der Waals surface area (Å²) in [5, 5.41) is 10.9. The van der Waals surface area contributed by atoms with Crippen LogP contribution >= 0.6 is 22.6 Å². The molecule has 0 aliphatic heterocycles. The summed E-state index contributed by atoms with van der Waals surface area (Å²) in [6.07, 6.45) is 2.91. The van der Waals surface area contributed by atoms with Crippen LogP contribution in [0.3, 0.4) is 0 Å². The van der Waals surface area contributed by atoms with Crippen molar-refractivity contribution in [3.05, 3.63) is 63.0 Å². The van der Waals surface area contributed by atoms with Crippen LogP contribution in [0.4, 0.5) is 4.79 Å². The van der Waals surface area contributed by atoms with Crippen molar-refractivity contribution < 1.29 is 9.90 Å². The van der Waals surface area contributed by atoms with Gasteiger partial charge in [-0.05, 0) is 51.9 Å². The molecule has 5 heteroatoms. The van der Waals surface area contributed by atoms with Gasteiger partial charge in [0.05, 0.1) is 5.69 Å². The van der Waals surface area contributed by atoms with Gasteiger partial charge in [-0.15, -0.1) is 0 Å². The SMILES string of the molecule is O=C(O)NCc1ccc(/C=C/c2cccc(I)n2)cc1. The van der Waals surface area contributed by atoms with Gasteiger partial charge in [0.15, 0.2) is 0 Å². The Hall–Kier alpha value is -1.89. The molecule has 1 heterocycles. The van der Waals surface area contributed by atoms with Gasteiger partial charge < -0.3 is 10.4 Å². The van der Waals surface area contributed by atoms with Crippen LogP contribution in [0.2, 0.25) is 0 Å². The van der Waals surface area contributed by atoms with Crippen LogP contribution in [0.5, 0.6) is 0 Å². The Labute approximate surface area is 130 Å². The number of nitrogens with one attached hydrogen (secondary N) is 1. The van der Waals surface area contributed by atoms with E-state index in [2.05, 4.69) is 32.9 Å². The fourth-order valence-electron chi connectivity index (χ4n) is 1.62. The molecule has 2 N–H and O–H groups in total. The molecule has 20 heavy (non-hydrogen) atoms. The number of rotatable bonds is 4. The second-order valence-corrected chi connectivity index (χ2v) is 5.22. The summed E-state index contributed by atoms with van der Waals surface area (Å²) in [4.78, 5) is 14.8. The normalized spacial score (nSPS) is 10.7. The minimum absolute atomic E-state index is 0.317. The maximum atomic E-state index is 10.4. The Morgan fingerprint density at radius 1 is 1.20 bits per heavy atom. The third kappa shape index (κ3) is 4.65. The highest BCUT2D eigenvalue weighted by molar-refractivity contribution is 14.1. The zero-order valence-electron chi connectivity index (χ0n) is 10.6. The fourth-order valence-corrected chi connectivity index (χ4v) is 2.11. The molecule has 0 spiro atoms. The average molecular weight is 380 g/mol. The molecule has 102 valence electrons. The lowest BCUT2D eigenvalue weighted by molar-refractivity contribution is 0.194. The molecule has 2 rings (SSSR count). The van der Waals surface area contributed by atoms with E-state index in [0.29, 0.717) is 6.54 Å². The van der Waals surface area contributed by atoms with E-state index in [4.69, 9.17) is 5.11 Å². The minimum atomic E-state index is -1.02. The standard InChI is InChI=1S/C15H13IN2O2/c16-14-3-1-2-13(18-14)9-8-11-4-6-12(7-5-11)10-17-15(19)20/h1-9,17H,10H2,(H,19,20)/b9-8+. The molecule has 0 saturated carbocycles. The Kier molecular flexibility index (Phi) is 5.11. The van der Waals surface area contributed by atoms with E-state index in [-0.39, 0.29) is 0 Å². The maximum absolute atomic E-state index is 10.4. The Bertz CT molecular complexity index is 624. The highest BCUT2D eigenvalue weighted by atomic mass is 127. The van der Waals surface area contributed by atoms with Crippen LogP contribution in [0.1, 0.15) is 16.8 Å². The molecule has 2 aromatic rings. The molecule has 0 aliphatic rings. The highest BCUT2D eigenvalue weighted by Crippen LogP contribution is 2.10. The molecule has 0 fully saturated rings. The molecule has 1 aromatic carbocycles. The van der Waals surface area contributed by atoms with Gasteiger partial charge >= 0.3 is 6.09 Å². The van der Waals surface area contributed by atoms with Gasteiger partial charge in [-0.1, -0.05) is 36.4 Å². The predicted molar refractivity (Wildman–Crippen MR) is 87.2 cm³/mol. The molecule has 0 unspecified atom stereocenters. The van der Waals surface area contributed by atoms with E-state index in [1.807, 2.05) is 54.6 Å². The summed E-state index contributed by atoms with van der Waals surface area (Å²) in [5.74, 6) is 0. The second kappa shape index (κ2) is 7.04. The monoisotopic (exact) mass is 380 g/mol. The molecule has 1 amide bonds. The highest BCUT2D eigenvalue weighted by Gasteiger charge is 1.96. The summed E-state index contributed by atoms with van der Waals surface area (Å²) >= 11 is 2.18. The van der Waals surface area contributed by atoms with Crippen LogP contribution in [0, 0.1) is 3.70 Å². The van der Waals surface area contributed by atoms with Crippen LogP contribution in [0.15, 0.2) is 42.5 Å². The topological polar surface area (TPSA) is 62.2 Å². The van der Waals surface area contributed by atoms with Gasteiger partial charge in [0.2, 0.25) is 0 Å². The van der Waals surface area contributed by atoms with E-state index < -0.39 is 6.09 Å². The Morgan fingerprint density at radius 2 is 1.95 bits per heavy atom. The lowest BCUT2D eigenvalue weighted by atomic mass is 10.1. The average Bonchev–Trinajstić information content (AvgIpc) is 2.44. The van der Waals surface area contributed by atoms with Crippen LogP contribution in [-0.4, -0.2) is 16.2 Å². The number of amides is 1. The van der Waals surface area contributed by atoms with Crippen LogP contribution in [-0.2, 0) is 6.54 Å². The summed E-state index contributed by atoms with van der Waals surface area (Å²) in [6, 6.07) is 13.6. The van der Waals surface area contributed by atoms with Crippen molar-refractivity contribution in [2.45, 2.75) is 6.54 Å². The number of halogens is 1. The van der Waals surface area contributed by atoms with Gasteiger partial charge in [-0.2, -0.15) is 0 Å². The minimum Gasteiger partial charge on any atom is -0.465 e. The van der Waals surface area contributed by atoms with Gasteiger partial charge in [-0.25, -0.2) is 9.78 Å².